The third-order valence-electron chi connectivity index (χ3n) is 4.24. The zero-order chi connectivity index (χ0) is 19.6. The highest BCUT2D eigenvalue weighted by atomic mass is 32.1. The van der Waals surface area contributed by atoms with Crippen LogP contribution in [0, 0.1) is 0 Å². The summed E-state index contributed by atoms with van der Waals surface area (Å²) < 4.78 is 6.86. The van der Waals surface area contributed by atoms with Crippen LogP contribution >= 0.6 is 11.3 Å². The Morgan fingerprint density at radius 1 is 1.17 bits per heavy atom. The molecule has 0 bridgehead atoms. The van der Waals surface area contributed by atoms with Gasteiger partial charge >= 0.3 is 0 Å². The van der Waals surface area contributed by atoms with E-state index in [0.29, 0.717) is 17.2 Å². The normalized spacial score (nSPS) is 11.0. The summed E-state index contributed by atoms with van der Waals surface area (Å²) in [6, 6.07) is 10.9. The molecule has 0 unspecified atom stereocenters. The Bertz CT molecular complexity index is 1280. The number of hydrogen-bond acceptors (Lipinski definition) is 8. The number of pyridine rings is 1. The highest BCUT2D eigenvalue weighted by Gasteiger charge is 2.15. The van der Waals surface area contributed by atoms with Crippen LogP contribution in [0.4, 0.5) is 0 Å². The molecule has 0 aromatic carbocycles. The van der Waals surface area contributed by atoms with Gasteiger partial charge in [0.25, 0.3) is 5.91 Å². The number of hydrogen-bond donors (Lipinski definition) is 1. The Hall–Kier alpha value is -3.92. The molecule has 0 radical (unpaired) electrons. The highest BCUT2D eigenvalue weighted by Crippen LogP contribution is 2.20. The molecule has 0 fully saturated rings. The first kappa shape index (κ1) is 17.2. The molecule has 0 saturated carbocycles. The van der Waals surface area contributed by atoms with Crippen molar-refractivity contribution in [3.8, 4) is 22.6 Å². The number of rotatable bonds is 5. The van der Waals surface area contributed by atoms with Crippen molar-refractivity contribution in [1.29, 1.82) is 0 Å². The van der Waals surface area contributed by atoms with Gasteiger partial charge in [0.2, 0.25) is 0 Å². The summed E-state index contributed by atoms with van der Waals surface area (Å²) in [5.74, 6) is 0.606. The molecular formula is C19H13N7O2S. The van der Waals surface area contributed by atoms with Crippen LogP contribution in [0.15, 0.2) is 64.1 Å². The molecule has 0 saturated heterocycles. The van der Waals surface area contributed by atoms with Gasteiger partial charge < -0.3 is 9.84 Å². The number of nitrogens with one attached hydrogen (secondary N) is 1. The number of amides is 1. The molecule has 29 heavy (non-hydrogen) atoms. The van der Waals surface area contributed by atoms with Crippen molar-refractivity contribution in [2.45, 2.75) is 6.54 Å². The van der Waals surface area contributed by atoms with Crippen molar-refractivity contribution < 1.29 is 9.32 Å². The van der Waals surface area contributed by atoms with Gasteiger partial charge in [0.15, 0.2) is 22.9 Å². The Labute approximate surface area is 168 Å². The van der Waals surface area contributed by atoms with E-state index in [2.05, 4.69) is 30.8 Å². The molecule has 10 heteroatoms. The summed E-state index contributed by atoms with van der Waals surface area (Å²) >= 11 is 1.60. The smallest absolute Gasteiger partial charge is 0.273 e. The van der Waals surface area contributed by atoms with Crippen molar-refractivity contribution in [1.82, 2.24) is 35.3 Å². The molecule has 0 aliphatic rings. The van der Waals surface area contributed by atoms with Gasteiger partial charge in [0.1, 0.15) is 0 Å². The topological polar surface area (TPSA) is 111 Å². The number of carbonyl (C=O) groups excluding carboxylic acids is 1. The summed E-state index contributed by atoms with van der Waals surface area (Å²) in [5, 5.41) is 23.4. The van der Waals surface area contributed by atoms with E-state index in [0.717, 1.165) is 16.8 Å². The summed E-state index contributed by atoms with van der Waals surface area (Å²) in [4.78, 5) is 16.5. The molecule has 9 nitrogen and oxygen atoms in total. The van der Waals surface area contributed by atoms with Gasteiger partial charge in [-0.2, -0.15) is 21.0 Å². The number of aromatic nitrogens is 6. The predicted octanol–water partition coefficient (Wildman–Crippen LogP) is 2.83. The van der Waals surface area contributed by atoms with E-state index in [1.807, 2.05) is 35.0 Å². The van der Waals surface area contributed by atoms with Crippen LogP contribution in [0.25, 0.3) is 28.2 Å². The van der Waals surface area contributed by atoms with Gasteiger partial charge in [-0.3, -0.25) is 9.78 Å². The Morgan fingerprint density at radius 2 is 2.14 bits per heavy atom. The van der Waals surface area contributed by atoms with E-state index in [4.69, 9.17) is 4.52 Å². The fourth-order valence-corrected chi connectivity index (χ4v) is 3.43. The summed E-state index contributed by atoms with van der Waals surface area (Å²) in [6.07, 6.45) is 3.30. The minimum Gasteiger partial charge on any atom is -0.355 e. The fraction of sp³-hybridized carbons (Fsp3) is 0.0526. The lowest BCUT2D eigenvalue weighted by molar-refractivity contribution is 0.0940. The minimum atomic E-state index is -0.380. The molecule has 1 N–H and O–H groups in total. The van der Waals surface area contributed by atoms with Crippen LogP contribution in [0.2, 0.25) is 0 Å². The second-order valence-corrected chi connectivity index (χ2v) is 6.90. The van der Waals surface area contributed by atoms with Gasteiger partial charge in [-0.25, -0.2) is 0 Å². The first-order chi connectivity index (χ1) is 14.3. The van der Waals surface area contributed by atoms with Crippen LogP contribution in [-0.2, 0) is 6.54 Å². The number of thiophene rings is 1. The first-order valence-corrected chi connectivity index (χ1v) is 9.61. The van der Waals surface area contributed by atoms with E-state index in [9.17, 15) is 4.79 Å². The third kappa shape index (κ3) is 3.36. The quantitative estimate of drug-likeness (QED) is 0.480. The maximum atomic E-state index is 12.4. The molecule has 5 heterocycles. The molecule has 0 atom stereocenters. The lowest BCUT2D eigenvalue weighted by Gasteiger charge is -2.03. The van der Waals surface area contributed by atoms with Crippen LogP contribution in [0.3, 0.4) is 0 Å². The van der Waals surface area contributed by atoms with E-state index < -0.39 is 0 Å². The zero-order valence-electron chi connectivity index (χ0n) is 14.9. The summed E-state index contributed by atoms with van der Waals surface area (Å²) in [6.45, 7) is 0.148. The lowest BCUT2D eigenvalue weighted by atomic mass is 10.2. The van der Waals surface area contributed by atoms with Gasteiger partial charge in [-0.05, 0) is 35.7 Å². The minimum absolute atomic E-state index is 0.148. The van der Waals surface area contributed by atoms with Crippen molar-refractivity contribution >= 4 is 22.9 Å². The molecule has 142 valence electrons. The Balaban J connectivity index is 1.33. The maximum Gasteiger partial charge on any atom is 0.273 e. The average molecular weight is 403 g/mol. The molecular weight excluding hydrogens is 390 g/mol. The molecule has 0 spiro atoms. The number of fused-ring (bicyclic) bond motifs is 1. The van der Waals surface area contributed by atoms with Crippen LogP contribution in [0.5, 0.6) is 0 Å². The van der Waals surface area contributed by atoms with Crippen LogP contribution < -0.4 is 5.32 Å². The molecule has 0 aliphatic heterocycles. The zero-order valence-corrected chi connectivity index (χ0v) is 15.7. The Morgan fingerprint density at radius 3 is 2.97 bits per heavy atom. The molecule has 1 amide bonds. The fourth-order valence-electron chi connectivity index (χ4n) is 2.78. The highest BCUT2D eigenvalue weighted by molar-refractivity contribution is 7.08. The second kappa shape index (κ2) is 7.24. The van der Waals surface area contributed by atoms with Crippen molar-refractivity contribution in [3.63, 3.8) is 0 Å². The second-order valence-electron chi connectivity index (χ2n) is 6.12. The van der Waals surface area contributed by atoms with Gasteiger partial charge in [0, 0.05) is 35.0 Å². The Kier molecular flexibility index (Phi) is 4.30. The largest absolute Gasteiger partial charge is 0.355 e. The SMILES string of the molecule is O=C(NCc1nnc2ccc(-c3ccsc3)nn12)c1cc(-c2cccnc2)on1. The van der Waals surface area contributed by atoms with Gasteiger partial charge in [0.05, 0.1) is 12.2 Å². The first-order valence-electron chi connectivity index (χ1n) is 8.67. The van der Waals surface area contributed by atoms with E-state index >= 15 is 0 Å². The van der Waals surface area contributed by atoms with E-state index in [-0.39, 0.29) is 18.1 Å². The number of carbonyl (C=O) groups is 1. The van der Waals surface area contributed by atoms with Crippen LogP contribution in [0.1, 0.15) is 16.3 Å². The van der Waals surface area contributed by atoms with Crippen LogP contribution in [-0.4, -0.2) is 35.9 Å². The summed E-state index contributed by atoms with van der Waals surface area (Å²) in [7, 11) is 0. The van der Waals surface area contributed by atoms with E-state index in [1.165, 1.54) is 0 Å². The third-order valence-corrected chi connectivity index (χ3v) is 4.92. The predicted molar refractivity (Wildman–Crippen MR) is 105 cm³/mol. The maximum absolute atomic E-state index is 12.4. The lowest BCUT2D eigenvalue weighted by Crippen LogP contribution is -2.24. The van der Waals surface area contributed by atoms with Crippen molar-refractivity contribution in [2.24, 2.45) is 0 Å². The average Bonchev–Trinajstić information content (AvgIpc) is 3.53. The monoisotopic (exact) mass is 403 g/mol. The van der Waals surface area contributed by atoms with Crippen molar-refractivity contribution in [3.05, 3.63) is 71.1 Å². The van der Waals surface area contributed by atoms with Gasteiger partial charge in [-0.15, -0.1) is 10.2 Å². The molecule has 5 aromatic rings. The molecule has 5 rings (SSSR count). The standard InChI is InChI=1S/C19H13N7O2S/c27-19(15-8-16(28-25-15)12-2-1-6-20-9-12)21-10-18-23-22-17-4-3-14(24-26(17)18)13-5-7-29-11-13/h1-9,11H,10H2,(H,21,27). The molecule has 0 aliphatic carbocycles. The molecule has 5 aromatic heterocycles. The summed E-state index contributed by atoms with van der Waals surface area (Å²) in [5.41, 5.74) is 3.35. The number of nitrogens with zero attached hydrogens (tertiary/aromatic N) is 6. The van der Waals surface area contributed by atoms with E-state index in [1.54, 1.807) is 40.4 Å². The van der Waals surface area contributed by atoms with Gasteiger partial charge in [-0.1, -0.05) is 5.16 Å². The van der Waals surface area contributed by atoms with Crippen molar-refractivity contribution in [2.75, 3.05) is 0 Å².